The molecular formula is C19H17N3O. The van der Waals surface area contributed by atoms with Crippen molar-refractivity contribution in [2.75, 3.05) is 5.43 Å². The highest BCUT2D eigenvalue weighted by Crippen LogP contribution is 2.21. The molecule has 0 atom stereocenters. The maximum Gasteiger partial charge on any atom is 0.146 e. The second kappa shape index (κ2) is 7.22. The molecule has 1 N–H and O–H groups in total. The number of hydrazone groups is 1. The van der Waals surface area contributed by atoms with Crippen molar-refractivity contribution in [1.29, 1.82) is 0 Å². The van der Waals surface area contributed by atoms with Crippen LogP contribution in [0.25, 0.3) is 0 Å². The Morgan fingerprint density at radius 3 is 2.26 bits per heavy atom. The zero-order valence-electron chi connectivity index (χ0n) is 12.8. The zero-order chi connectivity index (χ0) is 15.9. The van der Waals surface area contributed by atoms with Crippen molar-refractivity contribution in [3.05, 3.63) is 84.6 Å². The van der Waals surface area contributed by atoms with Crippen LogP contribution in [0.3, 0.4) is 0 Å². The third kappa shape index (κ3) is 4.17. The number of nitrogens with zero attached hydrogens (tertiary/aromatic N) is 2. The minimum atomic E-state index is 0.718. The van der Waals surface area contributed by atoms with Gasteiger partial charge < -0.3 is 4.74 Å². The summed E-state index contributed by atoms with van der Waals surface area (Å²) >= 11 is 0. The molecule has 4 nitrogen and oxygen atoms in total. The lowest BCUT2D eigenvalue weighted by atomic mass is 10.1. The summed E-state index contributed by atoms with van der Waals surface area (Å²) in [5, 5.41) is 4.34. The maximum absolute atomic E-state index is 5.78. The molecule has 0 bridgehead atoms. The molecule has 0 aliphatic carbocycles. The first-order chi connectivity index (χ1) is 11.3. The first-order valence-corrected chi connectivity index (χ1v) is 7.36. The second-order valence-corrected chi connectivity index (χ2v) is 4.96. The SMILES string of the molecule is C/C(=N\Nc1ccccn1)c1ccc(Oc2ccccc2)cc1. The third-order valence-corrected chi connectivity index (χ3v) is 3.25. The second-order valence-electron chi connectivity index (χ2n) is 4.96. The monoisotopic (exact) mass is 303 g/mol. The summed E-state index contributed by atoms with van der Waals surface area (Å²) in [7, 11) is 0. The molecule has 0 saturated carbocycles. The van der Waals surface area contributed by atoms with E-state index in [4.69, 9.17) is 4.74 Å². The Morgan fingerprint density at radius 2 is 1.57 bits per heavy atom. The van der Waals surface area contributed by atoms with E-state index in [1.165, 1.54) is 0 Å². The molecule has 2 aromatic carbocycles. The fourth-order valence-electron chi connectivity index (χ4n) is 2.02. The Balaban J connectivity index is 1.66. The van der Waals surface area contributed by atoms with Crippen molar-refractivity contribution in [1.82, 2.24) is 4.98 Å². The highest BCUT2D eigenvalue weighted by Gasteiger charge is 2.00. The average molecular weight is 303 g/mol. The summed E-state index contributed by atoms with van der Waals surface area (Å²) in [6.45, 7) is 1.95. The Morgan fingerprint density at radius 1 is 0.870 bits per heavy atom. The van der Waals surface area contributed by atoms with Gasteiger partial charge in [-0.3, -0.25) is 5.43 Å². The van der Waals surface area contributed by atoms with Gasteiger partial charge in [0.25, 0.3) is 0 Å². The van der Waals surface area contributed by atoms with Gasteiger partial charge >= 0.3 is 0 Å². The molecule has 23 heavy (non-hydrogen) atoms. The number of hydrogen-bond acceptors (Lipinski definition) is 4. The van der Waals surface area contributed by atoms with Crippen molar-refractivity contribution >= 4 is 11.5 Å². The summed E-state index contributed by atoms with van der Waals surface area (Å²) in [6, 6.07) is 23.2. The highest BCUT2D eigenvalue weighted by molar-refractivity contribution is 5.99. The Labute approximate surface area is 135 Å². The quantitative estimate of drug-likeness (QED) is 0.548. The van der Waals surface area contributed by atoms with Gasteiger partial charge in [0, 0.05) is 6.20 Å². The van der Waals surface area contributed by atoms with E-state index >= 15 is 0 Å². The fraction of sp³-hybridized carbons (Fsp3) is 0.0526. The lowest BCUT2D eigenvalue weighted by molar-refractivity contribution is 0.482. The molecule has 1 heterocycles. The van der Waals surface area contributed by atoms with E-state index in [9.17, 15) is 0 Å². The van der Waals surface area contributed by atoms with Gasteiger partial charge in [-0.1, -0.05) is 24.3 Å². The normalized spacial score (nSPS) is 11.1. The van der Waals surface area contributed by atoms with Crippen LogP contribution in [0.15, 0.2) is 84.1 Å². The molecule has 3 aromatic rings. The molecule has 114 valence electrons. The van der Waals surface area contributed by atoms with E-state index in [-0.39, 0.29) is 0 Å². The number of aromatic nitrogens is 1. The van der Waals surface area contributed by atoms with Gasteiger partial charge in [0.2, 0.25) is 0 Å². The molecule has 0 aliphatic rings. The van der Waals surface area contributed by atoms with E-state index in [1.807, 2.05) is 79.7 Å². The predicted molar refractivity (Wildman–Crippen MR) is 93.0 cm³/mol. The first-order valence-electron chi connectivity index (χ1n) is 7.36. The molecule has 0 amide bonds. The number of pyridine rings is 1. The number of rotatable bonds is 5. The van der Waals surface area contributed by atoms with Crippen LogP contribution >= 0.6 is 0 Å². The molecule has 0 saturated heterocycles. The summed E-state index contributed by atoms with van der Waals surface area (Å²) in [5.74, 6) is 2.34. The molecular weight excluding hydrogens is 286 g/mol. The summed E-state index contributed by atoms with van der Waals surface area (Å²) in [5.41, 5.74) is 4.84. The topological polar surface area (TPSA) is 46.5 Å². The van der Waals surface area contributed by atoms with Crippen LogP contribution < -0.4 is 10.2 Å². The number of ether oxygens (including phenoxy) is 1. The Kier molecular flexibility index (Phi) is 4.64. The number of nitrogens with one attached hydrogen (secondary N) is 1. The van der Waals surface area contributed by atoms with E-state index < -0.39 is 0 Å². The van der Waals surface area contributed by atoms with Crippen molar-refractivity contribution in [3.8, 4) is 11.5 Å². The van der Waals surface area contributed by atoms with Crippen LogP contribution in [0.4, 0.5) is 5.82 Å². The third-order valence-electron chi connectivity index (χ3n) is 3.25. The molecule has 0 aliphatic heterocycles. The Bertz CT molecular complexity index is 769. The van der Waals surface area contributed by atoms with Gasteiger partial charge in [-0.25, -0.2) is 4.98 Å². The summed E-state index contributed by atoms with van der Waals surface area (Å²) < 4.78 is 5.78. The minimum absolute atomic E-state index is 0.718. The first kappa shape index (κ1) is 14.8. The average Bonchev–Trinajstić information content (AvgIpc) is 2.62. The van der Waals surface area contributed by atoms with E-state index in [2.05, 4.69) is 15.5 Å². The minimum Gasteiger partial charge on any atom is -0.457 e. The van der Waals surface area contributed by atoms with Gasteiger partial charge in [-0.15, -0.1) is 0 Å². The lowest BCUT2D eigenvalue weighted by Crippen LogP contribution is -2.00. The van der Waals surface area contributed by atoms with E-state index in [0.29, 0.717) is 0 Å². The van der Waals surface area contributed by atoms with Crippen LogP contribution in [0, 0.1) is 0 Å². The molecule has 3 rings (SSSR count). The van der Waals surface area contributed by atoms with Gasteiger partial charge in [-0.05, 0) is 61.0 Å². The van der Waals surface area contributed by atoms with E-state index in [0.717, 1.165) is 28.6 Å². The zero-order valence-corrected chi connectivity index (χ0v) is 12.8. The van der Waals surface area contributed by atoms with Gasteiger partial charge in [0.1, 0.15) is 17.3 Å². The molecule has 0 radical (unpaired) electrons. The largest absolute Gasteiger partial charge is 0.457 e. The Hall–Kier alpha value is -3.14. The van der Waals surface area contributed by atoms with Crippen LogP contribution in [-0.2, 0) is 0 Å². The lowest BCUT2D eigenvalue weighted by Gasteiger charge is -2.07. The molecule has 4 heteroatoms. The molecule has 0 fully saturated rings. The van der Waals surface area contributed by atoms with Crippen molar-refractivity contribution < 1.29 is 4.74 Å². The van der Waals surface area contributed by atoms with Crippen LogP contribution in [-0.4, -0.2) is 10.7 Å². The summed E-state index contributed by atoms with van der Waals surface area (Å²) in [4.78, 5) is 4.17. The van der Waals surface area contributed by atoms with Gasteiger partial charge in [0.05, 0.1) is 5.71 Å². The van der Waals surface area contributed by atoms with Crippen molar-refractivity contribution in [2.45, 2.75) is 6.92 Å². The standard InChI is InChI=1S/C19H17N3O/c1-15(21-22-19-9-5-6-14-20-19)16-10-12-18(13-11-16)23-17-7-3-2-4-8-17/h2-14H,1H3,(H,20,22)/b21-15+. The van der Waals surface area contributed by atoms with Crippen LogP contribution in [0.1, 0.15) is 12.5 Å². The molecule has 1 aromatic heterocycles. The maximum atomic E-state index is 5.78. The summed E-state index contributed by atoms with van der Waals surface area (Å²) in [6.07, 6.45) is 1.73. The fourth-order valence-corrected chi connectivity index (χ4v) is 2.02. The molecule has 0 unspecified atom stereocenters. The highest BCUT2D eigenvalue weighted by atomic mass is 16.5. The molecule has 0 spiro atoms. The number of benzene rings is 2. The smallest absolute Gasteiger partial charge is 0.146 e. The van der Waals surface area contributed by atoms with Crippen LogP contribution in [0.2, 0.25) is 0 Å². The van der Waals surface area contributed by atoms with Crippen molar-refractivity contribution in [2.24, 2.45) is 5.10 Å². The van der Waals surface area contributed by atoms with Gasteiger partial charge in [-0.2, -0.15) is 5.10 Å². The number of hydrogen-bond donors (Lipinski definition) is 1. The van der Waals surface area contributed by atoms with Gasteiger partial charge in [0.15, 0.2) is 0 Å². The number of para-hydroxylation sites is 1. The van der Waals surface area contributed by atoms with Crippen LogP contribution in [0.5, 0.6) is 11.5 Å². The number of anilines is 1. The van der Waals surface area contributed by atoms with E-state index in [1.54, 1.807) is 6.20 Å². The predicted octanol–water partition coefficient (Wildman–Crippen LogP) is 4.71. The van der Waals surface area contributed by atoms with Crippen molar-refractivity contribution in [3.63, 3.8) is 0 Å².